The maximum Gasteiger partial charge on any atom is 0.363 e. The minimum atomic E-state index is -1.03. The van der Waals surface area contributed by atoms with Gasteiger partial charge in [0.1, 0.15) is 0 Å². The molecule has 7 heteroatoms. The molecular weight excluding hydrogens is 280 g/mol. The van der Waals surface area contributed by atoms with Crippen molar-refractivity contribution in [2.75, 3.05) is 0 Å². The number of cyclic esters (lactones) is 1. The number of halogens is 2. The van der Waals surface area contributed by atoms with Crippen molar-refractivity contribution in [3.05, 3.63) is 59.1 Å². The van der Waals surface area contributed by atoms with Gasteiger partial charge in [0.25, 0.3) is 0 Å². The van der Waals surface area contributed by atoms with E-state index in [9.17, 15) is 13.6 Å². The summed E-state index contributed by atoms with van der Waals surface area (Å²) < 4.78 is 32.6. The molecule has 0 bridgehead atoms. The van der Waals surface area contributed by atoms with Crippen LogP contribution in [0.25, 0.3) is 6.08 Å². The van der Waals surface area contributed by atoms with E-state index in [-0.39, 0.29) is 17.2 Å². The largest absolute Gasteiger partial charge is 0.402 e. The van der Waals surface area contributed by atoms with Gasteiger partial charge in [-0.05, 0) is 24.3 Å². The van der Waals surface area contributed by atoms with E-state index in [0.717, 1.165) is 12.1 Å². The number of hydrogen-bond acceptors (Lipinski definition) is 4. The lowest BCUT2D eigenvalue weighted by molar-refractivity contribution is -0.129. The smallest absolute Gasteiger partial charge is 0.363 e. The first-order valence-electron chi connectivity index (χ1n) is 5.99. The molecule has 0 atom stereocenters. The molecule has 1 aliphatic rings. The minimum Gasteiger partial charge on any atom is -0.402 e. The van der Waals surface area contributed by atoms with Gasteiger partial charge in [-0.1, -0.05) is 0 Å². The predicted octanol–water partition coefficient (Wildman–Crippen LogP) is 2.04. The van der Waals surface area contributed by atoms with Gasteiger partial charge in [0.2, 0.25) is 5.90 Å². The molecule has 0 radical (unpaired) electrons. The molecule has 0 aliphatic carbocycles. The van der Waals surface area contributed by atoms with Crippen molar-refractivity contribution < 1.29 is 18.3 Å². The monoisotopic (exact) mass is 289 g/mol. The summed E-state index contributed by atoms with van der Waals surface area (Å²) in [6, 6.07) is 3.16. The van der Waals surface area contributed by atoms with Crippen molar-refractivity contribution in [1.82, 2.24) is 9.78 Å². The molecule has 0 saturated heterocycles. The highest BCUT2D eigenvalue weighted by atomic mass is 19.2. The Hall–Kier alpha value is -2.83. The van der Waals surface area contributed by atoms with E-state index in [2.05, 4.69) is 10.1 Å². The van der Waals surface area contributed by atoms with Gasteiger partial charge in [0.05, 0.1) is 6.20 Å². The highest BCUT2D eigenvalue weighted by molar-refractivity contribution is 6.12. The Labute approximate surface area is 118 Å². The number of nitrogens with zero attached hydrogens (tertiary/aromatic N) is 3. The van der Waals surface area contributed by atoms with Gasteiger partial charge in [-0.2, -0.15) is 5.10 Å². The lowest BCUT2D eigenvalue weighted by Gasteiger charge is -1.99. The second kappa shape index (κ2) is 4.93. The maximum absolute atomic E-state index is 13.2. The highest BCUT2D eigenvalue weighted by Gasteiger charge is 2.24. The Balaban J connectivity index is 1.95. The van der Waals surface area contributed by atoms with Crippen molar-refractivity contribution >= 4 is 17.9 Å². The normalized spacial score (nSPS) is 16.2. The molecule has 0 unspecified atom stereocenters. The van der Waals surface area contributed by atoms with Crippen LogP contribution in [-0.4, -0.2) is 21.6 Å². The zero-order chi connectivity index (χ0) is 15.0. The average Bonchev–Trinajstić information content (AvgIpc) is 3.00. The van der Waals surface area contributed by atoms with E-state index < -0.39 is 17.6 Å². The Morgan fingerprint density at radius 1 is 1.29 bits per heavy atom. The molecule has 0 spiro atoms. The van der Waals surface area contributed by atoms with Crippen molar-refractivity contribution in [3.8, 4) is 0 Å². The van der Waals surface area contributed by atoms with Gasteiger partial charge >= 0.3 is 5.97 Å². The summed E-state index contributed by atoms with van der Waals surface area (Å²) in [4.78, 5) is 15.7. The predicted molar refractivity (Wildman–Crippen MR) is 70.2 cm³/mol. The van der Waals surface area contributed by atoms with Crippen LogP contribution >= 0.6 is 0 Å². The number of carbonyl (C=O) groups is 1. The van der Waals surface area contributed by atoms with Crippen LogP contribution in [0, 0.1) is 11.6 Å². The molecule has 106 valence electrons. The fraction of sp³-hybridized carbons (Fsp3) is 0.0714. The molecule has 21 heavy (non-hydrogen) atoms. The molecule has 0 amide bonds. The highest BCUT2D eigenvalue weighted by Crippen LogP contribution is 2.20. The molecule has 3 rings (SSSR count). The molecular formula is C14H9F2N3O2. The van der Waals surface area contributed by atoms with E-state index in [1.54, 1.807) is 24.1 Å². The second-order valence-corrected chi connectivity index (χ2v) is 4.41. The Morgan fingerprint density at radius 3 is 2.76 bits per heavy atom. The number of carbonyl (C=O) groups excluding carboxylic acids is 1. The second-order valence-electron chi connectivity index (χ2n) is 4.41. The number of benzene rings is 1. The van der Waals surface area contributed by atoms with E-state index in [1.165, 1.54) is 12.1 Å². The first-order valence-corrected chi connectivity index (χ1v) is 5.99. The first-order chi connectivity index (χ1) is 10.0. The zero-order valence-electron chi connectivity index (χ0n) is 10.9. The van der Waals surface area contributed by atoms with Crippen LogP contribution in [0.5, 0.6) is 0 Å². The summed E-state index contributed by atoms with van der Waals surface area (Å²) in [6.07, 6.45) is 4.76. The summed E-state index contributed by atoms with van der Waals surface area (Å²) in [5.41, 5.74) is 0.944. The fourth-order valence-electron chi connectivity index (χ4n) is 1.83. The molecule has 1 aliphatic heterocycles. The molecule has 2 aromatic rings. The SMILES string of the molecule is Cn1cc(/C=C2\N=C(c3ccc(F)c(F)c3)OC2=O)cn1. The molecule has 0 saturated carbocycles. The van der Waals surface area contributed by atoms with Gasteiger partial charge in [-0.3, -0.25) is 4.68 Å². The molecule has 1 aromatic heterocycles. The standard InChI is InChI=1S/C14H9F2N3O2/c1-19-7-8(6-17-19)4-12-14(20)21-13(18-12)9-2-3-10(15)11(16)5-9/h2-7H,1H3/b12-4-. The Bertz CT molecular complexity index is 793. The van der Waals surface area contributed by atoms with Gasteiger partial charge in [-0.15, -0.1) is 0 Å². The average molecular weight is 289 g/mol. The molecule has 0 N–H and O–H groups in total. The van der Waals surface area contributed by atoms with Crippen LogP contribution in [-0.2, 0) is 16.6 Å². The van der Waals surface area contributed by atoms with Crippen molar-refractivity contribution in [2.24, 2.45) is 12.0 Å². The topological polar surface area (TPSA) is 56.5 Å². The van der Waals surface area contributed by atoms with Gasteiger partial charge in [0.15, 0.2) is 17.3 Å². The number of aliphatic imine (C=N–C) groups is 1. The van der Waals surface area contributed by atoms with Crippen LogP contribution in [0.15, 0.2) is 41.3 Å². The number of rotatable bonds is 2. The maximum atomic E-state index is 13.2. The third-order valence-corrected chi connectivity index (χ3v) is 2.82. The summed E-state index contributed by atoms with van der Waals surface area (Å²) in [5.74, 6) is -2.72. The van der Waals surface area contributed by atoms with Crippen LogP contribution in [0.1, 0.15) is 11.1 Å². The third kappa shape index (κ3) is 2.58. The molecule has 5 nitrogen and oxygen atoms in total. The van der Waals surface area contributed by atoms with Crippen LogP contribution in [0.3, 0.4) is 0 Å². The van der Waals surface area contributed by atoms with Gasteiger partial charge in [-0.25, -0.2) is 18.6 Å². The van der Waals surface area contributed by atoms with E-state index in [1.807, 2.05) is 0 Å². The summed E-state index contributed by atoms with van der Waals surface area (Å²) in [7, 11) is 1.74. The van der Waals surface area contributed by atoms with Gasteiger partial charge in [0, 0.05) is 24.4 Å². The van der Waals surface area contributed by atoms with E-state index in [0.29, 0.717) is 5.56 Å². The number of aryl methyl sites for hydroxylation is 1. The summed E-state index contributed by atoms with van der Waals surface area (Å²) >= 11 is 0. The fourth-order valence-corrected chi connectivity index (χ4v) is 1.83. The van der Waals surface area contributed by atoms with E-state index in [4.69, 9.17) is 4.74 Å². The van der Waals surface area contributed by atoms with Crippen LogP contribution in [0.4, 0.5) is 8.78 Å². The number of aromatic nitrogens is 2. The molecule has 0 fully saturated rings. The van der Waals surface area contributed by atoms with Crippen molar-refractivity contribution in [2.45, 2.75) is 0 Å². The first kappa shape index (κ1) is 13.2. The zero-order valence-corrected chi connectivity index (χ0v) is 10.9. The minimum absolute atomic E-state index is 0.0611. The van der Waals surface area contributed by atoms with Crippen LogP contribution < -0.4 is 0 Å². The molecule has 2 heterocycles. The van der Waals surface area contributed by atoms with E-state index >= 15 is 0 Å². The van der Waals surface area contributed by atoms with Crippen LogP contribution in [0.2, 0.25) is 0 Å². The summed E-state index contributed by atoms with van der Waals surface area (Å²) in [6.45, 7) is 0. The lowest BCUT2D eigenvalue weighted by Crippen LogP contribution is -2.06. The number of esters is 1. The van der Waals surface area contributed by atoms with Gasteiger partial charge < -0.3 is 4.74 Å². The Kier molecular flexibility index (Phi) is 3.09. The summed E-state index contributed by atoms with van der Waals surface area (Å²) in [5, 5.41) is 3.96. The van der Waals surface area contributed by atoms with Crippen molar-refractivity contribution in [3.63, 3.8) is 0 Å². The quantitative estimate of drug-likeness (QED) is 0.628. The number of hydrogen-bond donors (Lipinski definition) is 0. The van der Waals surface area contributed by atoms with Crippen molar-refractivity contribution in [1.29, 1.82) is 0 Å². The number of ether oxygens (including phenoxy) is 1. The Morgan fingerprint density at radius 2 is 2.10 bits per heavy atom. The third-order valence-electron chi connectivity index (χ3n) is 2.82. The molecule has 1 aromatic carbocycles. The lowest BCUT2D eigenvalue weighted by atomic mass is 10.2.